The fraction of sp³-hybridized carbons (Fsp3) is 0.667. The predicted molar refractivity (Wildman–Crippen MR) is 27.8 cm³/mol. The highest BCUT2D eigenvalue weighted by Crippen LogP contribution is 1.53. The Bertz CT molecular complexity index is 6.85. The van der Waals surface area contributed by atoms with Crippen molar-refractivity contribution in [2.45, 2.75) is 13.8 Å². The SMILES string of the molecule is C[CH]C.O.[MgH2]. The lowest BCUT2D eigenvalue weighted by molar-refractivity contribution is 0.824. The summed E-state index contributed by atoms with van der Waals surface area (Å²) < 4.78 is 0. The van der Waals surface area contributed by atoms with Gasteiger partial charge in [-0.25, -0.2) is 0 Å². The molecular formula is C3H11MgO. The van der Waals surface area contributed by atoms with Crippen LogP contribution in [0.5, 0.6) is 0 Å². The molecule has 0 atom stereocenters. The molecule has 0 aromatic rings. The highest BCUT2D eigenvalue weighted by molar-refractivity contribution is 5.75. The molecule has 0 aromatic heterocycles. The summed E-state index contributed by atoms with van der Waals surface area (Å²) >= 11 is 0. The summed E-state index contributed by atoms with van der Waals surface area (Å²) in [5.74, 6) is 0. The first kappa shape index (κ1) is 17.2. The molecule has 5 heavy (non-hydrogen) atoms. The zero-order chi connectivity index (χ0) is 2.71. The van der Waals surface area contributed by atoms with Gasteiger partial charge >= 0.3 is 23.1 Å². The molecule has 2 N–H and O–H groups in total. The summed E-state index contributed by atoms with van der Waals surface area (Å²) in [6.07, 6.45) is 2.00. The average molecular weight is 87.4 g/mol. The fourth-order valence-electron chi connectivity index (χ4n) is 0. The lowest BCUT2D eigenvalue weighted by Gasteiger charge is -1.47. The maximum atomic E-state index is 2.00. The molecule has 1 radical (unpaired) electrons. The van der Waals surface area contributed by atoms with Crippen LogP contribution in [-0.4, -0.2) is 28.5 Å². The van der Waals surface area contributed by atoms with Gasteiger partial charge in [-0.2, -0.15) is 0 Å². The van der Waals surface area contributed by atoms with E-state index in [1.54, 1.807) is 0 Å². The van der Waals surface area contributed by atoms with Gasteiger partial charge < -0.3 is 5.48 Å². The van der Waals surface area contributed by atoms with Gasteiger partial charge in [0.15, 0.2) is 0 Å². The van der Waals surface area contributed by atoms with Gasteiger partial charge in [0.05, 0.1) is 0 Å². The molecule has 31 valence electrons. The van der Waals surface area contributed by atoms with Crippen LogP contribution >= 0.6 is 0 Å². The first-order valence-electron chi connectivity index (χ1n) is 1.15. The number of hydrogen-bond donors (Lipinski definition) is 0. The van der Waals surface area contributed by atoms with Crippen molar-refractivity contribution in [1.82, 2.24) is 0 Å². The molecule has 0 amide bonds. The minimum atomic E-state index is 0. The Morgan fingerprint density at radius 2 is 1.20 bits per heavy atom. The highest BCUT2D eigenvalue weighted by atomic mass is 24.3. The van der Waals surface area contributed by atoms with Crippen LogP contribution in [0.1, 0.15) is 13.8 Å². The minimum Gasteiger partial charge on any atom is -0.412 e. The van der Waals surface area contributed by atoms with Crippen molar-refractivity contribution in [3.05, 3.63) is 6.42 Å². The Kier molecular flexibility index (Phi) is 75.8. The van der Waals surface area contributed by atoms with E-state index in [0.29, 0.717) is 0 Å². The van der Waals surface area contributed by atoms with E-state index in [0.717, 1.165) is 0 Å². The Hall–Kier alpha value is 0.726. The van der Waals surface area contributed by atoms with Crippen molar-refractivity contribution in [3.8, 4) is 0 Å². The third-order valence-electron chi connectivity index (χ3n) is 0. The molecular weight excluding hydrogens is 76.3 g/mol. The van der Waals surface area contributed by atoms with Crippen LogP contribution in [0, 0.1) is 6.42 Å². The minimum absolute atomic E-state index is 0. The molecule has 0 rings (SSSR count). The molecule has 0 saturated heterocycles. The van der Waals surface area contributed by atoms with Gasteiger partial charge in [0.1, 0.15) is 0 Å². The first-order valence-corrected chi connectivity index (χ1v) is 1.15. The maximum Gasteiger partial charge on any atom is 0.316 e. The van der Waals surface area contributed by atoms with Crippen molar-refractivity contribution in [1.29, 1.82) is 0 Å². The summed E-state index contributed by atoms with van der Waals surface area (Å²) in [5.41, 5.74) is 0. The van der Waals surface area contributed by atoms with Crippen LogP contribution in [0.4, 0.5) is 0 Å². The van der Waals surface area contributed by atoms with Gasteiger partial charge in [-0.1, -0.05) is 13.8 Å². The third kappa shape index (κ3) is 66.6. The molecule has 0 unspecified atom stereocenters. The Morgan fingerprint density at radius 1 is 1.20 bits per heavy atom. The quantitative estimate of drug-likeness (QED) is 0.357. The van der Waals surface area contributed by atoms with E-state index in [1.165, 1.54) is 0 Å². The van der Waals surface area contributed by atoms with Crippen LogP contribution in [0.25, 0.3) is 0 Å². The van der Waals surface area contributed by atoms with Crippen LogP contribution < -0.4 is 0 Å². The molecule has 2 heteroatoms. The summed E-state index contributed by atoms with van der Waals surface area (Å²) in [6.45, 7) is 4.00. The topological polar surface area (TPSA) is 31.5 Å². The second kappa shape index (κ2) is 22.0. The normalized spacial score (nSPS) is 3.60. The summed E-state index contributed by atoms with van der Waals surface area (Å²) in [6, 6.07) is 0. The van der Waals surface area contributed by atoms with Crippen LogP contribution in [0.15, 0.2) is 0 Å². The molecule has 1 nitrogen and oxygen atoms in total. The highest BCUT2D eigenvalue weighted by Gasteiger charge is 1.36. The summed E-state index contributed by atoms with van der Waals surface area (Å²) in [4.78, 5) is 0. The van der Waals surface area contributed by atoms with E-state index < -0.39 is 0 Å². The third-order valence-corrected chi connectivity index (χ3v) is 0. The van der Waals surface area contributed by atoms with Crippen molar-refractivity contribution >= 4 is 23.1 Å². The molecule has 0 aliphatic heterocycles. The Morgan fingerprint density at radius 3 is 1.20 bits per heavy atom. The molecule has 0 aromatic carbocycles. The van der Waals surface area contributed by atoms with Gasteiger partial charge in [-0.15, -0.1) is 0 Å². The summed E-state index contributed by atoms with van der Waals surface area (Å²) in [5, 5.41) is 0. The smallest absolute Gasteiger partial charge is 0.316 e. The molecule has 0 heterocycles. The van der Waals surface area contributed by atoms with Crippen molar-refractivity contribution in [3.63, 3.8) is 0 Å². The lowest BCUT2D eigenvalue weighted by Crippen LogP contribution is -1.30. The zero-order valence-electron chi connectivity index (χ0n) is 3.08. The largest absolute Gasteiger partial charge is 0.412 e. The van der Waals surface area contributed by atoms with Gasteiger partial charge in [0, 0.05) is 0 Å². The van der Waals surface area contributed by atoms with Gasteiger partial charge in [0.25, 0.3) is 0 Å². The lowest BCUT2D eigenvalue weighted by atomic mass is 10.6. The van der Waals surface area contributed by atoms with E-state index in [-0.39, 0.29) is 28.5 Å². The monoisotopic (exact) mass is 87.1 g/mol. The van der Waals surface area contributed by atoms with Crippen molar-refractivity contribution in [2.75, 3.05) is 0 Å². The number of hydrogen-bond acceptors (Lipinski definition) is 0. The van der Waals surface area contributed by atoms with Crippen molar-refractivity contribution in [2.24, 2.45) is 0 Å². The standard InChI is InChI=1S/C3H7.Mg.H2O.2H/c1-3-2;;;;/h3H,1-2H3;;1H2;;. The van der Waals surface area contributed by atoms with Gasteiger partial charge in [0.2, 0.25) is 0 Å². The molecule has 0 bridgehead atoms. The second-order valence-electron chi connectivity index (χ2n) is 0.577. The van der Waals surface area contributed by atoms with Crippen molar-refractivity contribution < 1.29 is 5.48 Å². The number of rotatable bonds is 0. The van der Waals surface area contributed by atoms with Gasteiger partial charge in [-0.05, 0) is 6.42 Å². The summed E-state index contributed by atoms with van der Waals surface area (Å²) in [7, 11) is 0. The van der Waals surface area contributed by atoms with Gasteiger partial charge in [-0.3, -0.25) is 0 Å². The van der Waals surface area contributed by atoms with E-state index in [4.69, 9.17) is 0 Å². The van der Waals surface area contributed by atoms with E-state index in [2.05, 4.69) is 0 Å². The maximum absolute atomic E-state index is 2.00. The Balaban J connectivity index is -0.0000000200. The van der Waals surface area contributed by atoms with E-state index in [1.807, 2.05) is 20.3 Å². The average Bonchev–Trinajstić information content (AvgIpc) is 0.918. The molecule has 0 saturated carbocycles. The van der Waals surface area contributed by atoms with E-state index in [9.17, 15) is 0 Å². The van der Waals surface area contributed by atoms with Crippen LogP contribution in [0.2, 0.25) is 0 Å². The molecule has 0 fully saturated rings. The Labute approximate surface area is 49.2 Å². The molecule has 0 aliphatic carbocycles. The fourth-order valence-corrected chi connectivity index (χ4v) is 0. The van der Waals surface area contributed by atoms with Crippen LogP contribution in [-0.2, 0) is 0 Å². The van der Waals surface area contributed by atoms with E-state index >= 15 is 0 Å². The second-order valence-corrected chi connectivity index (χ2v) is 0.577. The van der Waals surface area contributed by atoms with Crippen LogP contribution in [0.3, 0.4) is 0 Å². The predicted octanol–water partition coefficient (Wildman–Crippen LogP) is -0.510. The molecule has 0 spiro atoms. The molecule has 0 aliphatic rings. The zero-order valence-corrected chi connectivity index (χ0v) is 3.08. The first-order chi connectivity index (χ1) is 1.41.